The zero-order chi connectivity index (χ0) is 15.4. The van der Waals surface area contributed by atoms with Crippen LogP contribution in [0.25, 0.3) is 0 Å². The molecular weight excluding hydrogens is 395 g/mol. The number of rotatable bonds is 10. The van der Waals surface area contributed by atoms with Crippen molar-refractivity contribution in [3.8, 4) is 0 Å². The second-order valence-corrected chi connectivity index (χ2v) is 6.54. The summed E-state index contributed by atoms with van der Waals surface area (Å²) in [5, 5.41) is 6.73. The van der Waals surface area contributed by atoms with Crippen LogP contribution in [0.1, 0.15) is 40.5 Å². The van der Waals surface area contributed by atoms with Crippen molar-refractivity contribution in [1.82, 2.24) is 15.5 Å². The van der Waals surface area contributed by atoms with Crippen molar-refractivity contribution in [1.29, 1.82) is 0 Å². The topological polar surface area (TPSA) is 39.7 Å². The SMILES string of the molecule is CN=C(NCCCSC)NCCCN(C(C)C)C(C)C.I. The first kappa shape index (κ1) is 23.6. The quantitative estimate of drug-likeness (QED) is 0.242. The number of nitrogens with one attached hydrogen (secondary N) is 2. The minimum Gasteiger partial charge on any atom is -0.356 e. The molecule has 0 heterocycles. The predicted molar refractivity (Wildman–Crippen MR) is 109 cm³/mol. The summed E-state index contributed by atoms with van der Waals surface area (Å²) < 4.78 is 0. The molecular formula is C15H35IN4S. The fraction of sp³-hybridized carbons (Fsp3) is 0.933. The summed E-state index contributed by atoms with van der Waals surface area (Å²) in [6.07, 6.45) is 4.46. The summed E-state index contributed by atoms with van der Waals surface area (Å²) >= 11 is 1.89. The van der Waals surface area contributed by atoms with E-state index in [1.54, 1.807) is 0 Å². The predicted octanol–water partition coefficient (Wildman–Crippen LogP) is 3.03. The van der Waals surface area contributed by atoms with E-state index in [-0.39, 0.29) is 24.0 Å². The Morgan fingerprint density at radius 3 is 2.00 bits per heavy atom. The smallest absolute Gasteiger partial charge is 0.190 e. The van der Waals surface area contributed by atoms with Gasteiger partial charge in [-0.1, -0.05) is 0 Å². The average molecular weight is 430 g/mol. The molecule has 0 atom stereocenters. The Morgan fingerprint density at radius 2 is 1.57 bits per heavy atom. The van der Waals surface area contributed by atoms with Crippen LogP contribution < -0.4 is 10.6 Å². The minimum atomic E-state index is 0. The molecule has 128 valence electrons. The highest BCUT2D eigenvalue weighted by Crippen LogP contribution is 2.05. The van der Waals surface area contributed by atoms with Crippen molar-refractivity contribution in [3.05, 3.63) is 0 Å². The maximum absolute atomic E-state index is 4.25. The van der Waals surface area contributed by atoms with Gasteiger partial charge in [0.15, 0.2) is 5.96 Å². The lowest BCUT2D eigenvalue weighted by atomic mass is 10.2. The summed E-state index contributed by atoms with van der Waals surface area (Å²) in [6, 6.07) is 1.22. The third kappa shape index (κ3) is 12.5. The van der Waals surface area contributed by atoms with Gasteiger partial charge in [-0.25, -0.2) is 0 Å². The van der Waals surface area contributed by atoms with Crippen LogP contribution in [-0.2, 0) is 0 Å². The van der Waals surface area contributed by atoms with E-state index < -0.39 is 0 Å². The fourth-order valence-electron chi connectivity index (χ4n) is 2.23. The third-order valence-corrected chi connectivity index (χ3v) is 3.95. The second kappa shape index (κ2) is 15.2. The maximum Gasteiger partial charge on any atom is 0.190 e. The van der Waals surface area contributed by atoms with E-state index in [0.717, 1.165) is 32.0 Å². The summed E-state index contributed by atoms with van der Waals surface area (Å²) in [5.74, 6) is 2.12. The van der Waals surface area contributed by atoms with Crippen LogP contribution in [0.15, 0.2) is 4.99 Å². The molecule has 0 aromatic heterocycles. The molecule has 0 aromatic rings. The number of hydrogen-bond acceptors (Lipinski definition) is 3. The number of hydrogen-bond donors (Lipinski definition) is 2. The zero-order valence-electron chi connectivity index (χ0n) is 14.6. The van der Waals surface area contributed by atoms with Gasteiger partial charge in [-0.3, -0.25) is 9.89 Å². The number of aliphatic imine (C=N–C) groups is 1. The molecule has 0 saturated heterocycles. The van der Waals surface area contributed by atoms with Crippen LogP contribution in [0.2, 0.25) is 0 Å². The van der Waals surface area contributed by atoms with Gasteiger partial charge in [0, 0.05) is 38.8 Å². The van der Waals surface area contributed by atoms with E-state index in [1.165, 1.54) is 12.2 Å². The van der Waals surface area contributed by atoms with Gasteiger partial charge in [-0.15, -0.1) is 24.0 Å². The van der Waals surface area contributed by atoms with Crippen molar-refractivity contribution >= 4 is 41.7 Å². The molecule has 0 saturated carbocycles. The Bertz CT molecular complexity index is 252. The van der Waals surface area contributed by atoms with Crippen molar-refractivity contribution < 1.29 is 0 Å². The number of nitrogens with zero attached hydrogens (tertiary/aromatic N) is 2. The molecule has 0 unspecified atom stereocenters. The van der Waals surface area contributed by atoms with Crippen LogP contribution in [0.5, 0.6) is 0 Å². The van der Waals surface area contributed by atoms with Crippen LogP contribution >= 0.6 is 35.7 Å². The maximum atomic E-state index is 4.25. The Kier molecular flexibility index (Phi) is 17.1. The fourth-order valence-corrected chi connectivity index (χ4v) is 2.66. The highest BCUT2D eigenvalue weighted by molar-refractivity contribution is 14.0. The van der Waals surface area contributed by atoms with Crippen molar-refractivity contribution in [2.75, 3.05) is 38.7 Å². The normalized spacial score (nSPS) is 12.0. The minimum absolute atomic E-state index is 0. The third-order valence-electron chi connectivity index (χ3n) is 3.25. The van der Waals surface area contributed by atoms with Gasteiger partial charge < -0.3 is 10.6 Å². The van der Waals surface area contributed by atoms with Crippen molar-refractivity contribution in [2.24, 2.45) is 4.99 Å². The summed E-state index contributed by atoms with van der Waals surface area (Å²) in [4.78, 5) is 6.77. The highest BCUT2D eigenvalue weighted by Gasteiger charge is 2.12. The van der Waals surface area contributed by atoms with E-state index in [0.29, 0.717) is 12.1 Å². The van der Waals surface area contributed by atoms with Crippen LogP contribution in [0.3, 0.4) is 0 Å². The molecule has 0 bridgehead atoms. The molecule has 21 heavy (non-hydrogen) atoms. The van der Waals surface area contributed by atoms with Gasteiger partial charge >= 0.3 is 0 Å². The zero-order valence-corrected chi connectivity index (χ0v) is 17.8. The largest absolute Gasteiger partial charge is 0.356 e. The average Bonchev–Trinajstić information content (AvgIpc) is 2.39. The van der Waals surface area contributed by atoms with Gasteiger partial charge in [0.25, 0.3) is 0 Å². The van der Waals surface area contributed by atoms with E-state index in [4.69, 9.17) is 0 Å². The number of halogens is 1. The molecule has 0 aliphatic rings. The molecule has 6 heteroatoms. The molecule has 0 amide bonds. The Hall–Kier alpha value is 0.310. The van der Waals surface area contributed by atoms with E-state index in [1.807, 2.05) is 18.8 Å². The Morgan fingerprint density at radius 1 is 1.05 bits per heavy atom. The van der Waals surface area contributed by atoms with Crippen LogP contribution in [0, 0.1) is 0 Å². The van der Waals surface area contributed by atoms with E-state index in [2.05, 4.69) is 54.5 Å². The van der Waals surface area contributed by atoms with Gasteiger partial charge in [0.2, 0.25) is 0 Å². The Balaban J connectivity index is 0. The molecule has 0 aliphatic carbocycles. The van der Waals surface area contributed by atoms with E-state index in [9.17, 15) is 0 Å². The van der Waals surface area contributed by atoms with Gasteiger partial charge in [-0.2, -0.15) is 11.8 Å². The first-order chi connectivity index (χ1) is 9.52. The van der Waals surface area contributed by atoms with Crippen LogP contribution in [0.4, 0.5) is 0 Å². The molecule has 0 fully saturated rings. The molecule has 0 aromatic carbocycles. The molecule has 2 N–H and O–H groups in total. The lowest BCUT2D eigenvalue weighted by Crippen LogP contribution is -2.41. The van der Waals surface area contributed by atoms with Crippen LogP contribution in [-0.4, -0.2) is 61.6 Å². The first-order valence-electron chi connectivity index (χ1n) is 7.72. The highest BCUT2D eigenvalue weighted by atomic mass is 127. The molecule has 4 nitrogen and oxygen atoms in total. The lowest BCUT2D eigenvalue weighted by molar-refractivity contribution is 0.173. The molecule has 0 spiro atoms. The summed E-state index contributed by atoms with van der Waals surface area (Å²) in [5.41, 5.74) is 0. The second-order valence-electron chi connectivity index (χ2n) is 5.55. The van der Waals surface area contributed by atoms with E-state index >= 15 is 0 Å². The van der Waals surface area contributed by atoms with Crippen molar-refractivity contribution in [3.63, 3.8) is 0 Å². The van der Waals surface area contributed by atoms with Gasteiger partial charge in [0.05, 0.1) is 0 Å². The molecule has 0 radical (unpaired) electrons. The van der Waals surface area contributed by atoms with Gasteiger partial charge in [-0.05, 0) is 52.5 Å². The monoisotopic (exact) mass is 430 g/mol. The number of guanidine groups is 1. The summed E-state index contributed by atoms with van der Waals surface area (Å²) in [6.45, 7) is 12.1. The first-order valence-corrected chi connectivity index (χ1v) is 9.11. The molecule has 0 rings (SSSR count). The number of thioether (sulfide) groups is 1. The summed E-state index contributed by atoms with van der Waals surface area (Å²) in [7, 11) is 1.83. The lowest BCUT2D eigenvalue weighted by Gasteiger charge is -2.30. The Labute approximate surface area is 153 Å². The van der Waals surface area contributed by atoms with Crippen molar-refractivity contribution in [2.45, 2.75) is 52.6 Å². The standard InChI is InChI=1S/C15H34N4S.HI/c1-13(2)19(14(3)4)11-7-9-17-15(16-5)18-10-8-12-20-6;/h13-14H,7-12H2,1-6H3,(H2,16,17,18);1H. The van der Waals surface area contributed by atoms with Gasteiger partial charge in [0.1, 0.15) is 0 Å². The molecule has 0 aliphatic heterocycles.